The second-order valence-corrected chi connectivity index (χ2v) is 4.32. The van der Waals surface area contributed by atoms with E-state index in [1.807, 2.05) is 26.0 Å². The topological polar surface area (TPSA) is 63.3 Å². The number of hydrogen-bond donors (Lipinski definition) is 2. The predicted molar refractivity (Wildman–Crippen MR) is 65.0 cm³/mol. The van der Waals surface area contributed by atoms with Crippen LogP contribution in [0.15, 0.2) is 12.1 Å². The SMILES string of the molecule is Cc1ccc(C(CN)CC(=O)O)c(C)c1Cl. The summed E-state index contributed by atoms with van der Waals surface area (Å²) in [6.45, 7) is 4.13. The molecule has 1 atom stereocenters. The van der Waals surface area contributed by atoms with Crippen molar-refractivity contribution < 1.29 is 9.90 Å². The molecule has 1 rings (SSSR count). The number of carbonyl (C=O) groups is 1. The van der Waals surface area contributed by atoms with Crippen LogP contribution >= 0.6 is 11.6 Å². The van der Waals surface area contributed by atoms with Gasteiger partial charge < -0.3 is 10.8 Å². The van der Waals surface area contributed by atoms with Gasteiger partial charge in [-0.1, -0.05) is 23.7 Å². The Bertz CT molecular complexity index is 404. The molecule has 0 bridgehead atoms. The van der Waals surface area contributed by atoms with Crippen molar-refractivity contribution in [3.63, 3.8) is 0 Å². The molecule has 0 fully saturated rings. The molecule has 3 N–H and O–H groups in total. The van der Waals surface area contributed by atoms with Crippen LogP contribution in [0.1, 0.15) is 29.0 Å². The number of carboxylic acids is 1. The fourth-order valence-electron chi connectivity index (χ4n) is 1.81. The number of hydrogen-bond acceptors (Lipinski definition) is 2. The number of aryl methyl sites for hydroxylation is 1. The molecule has 0 saturated heterocycles. The zero-order chi connectivity index (χ0) is 12.3. The summed E-state index contributed by atoms with van der Waals surface area (Å²) in [6, 6.07) is 3.81. The molecule has 0 radical (unpaired) electrons. The molecule has 4 heteroatoms. The fourth-order valence-corrected chi connectivity index (χ4v) is 1.98. The molecule has 0 heterocycles. The molecule has 3 nitrogen and oxygen atoms in total. The molecule has 0 aliphatic carbocycles. The van der Waals surface area contributed by atoms with Crippen LogP contribution in [0.25, 0.3) is 0 Å². The van der Waals surface area contributed by atoms with Crippen molar-refractivity contribution in [2.75, 3.05) is 6.54 Å². The highest BCUT2D eigenvalue weighted by molar-refractivity contribution is 6.32. The summed E-state index contributed by atoms with van der Waals surface area (Å²) in [5.41, 5.74) is 8.46. The number of rotatable bonds is 4. The van der Waals surface area contributed by atoms with Crippen molar-refractivity contribution in [3.05, 3.63) is 33.8 Å². The van der Waals surface area contributed by atoms with Crippen molar-refractivity contribution in [1.82, 2.24) is 0 Å². The highest BCUT2D eigenvalue weighted by Gasteiger charge is 2.17. The minimum Gasteiger partial charge on any atom is -0.481 e. The first kappa shape index (κ1) is 13.0. The van der Waals surface area contributed by atoms with Gasteiger partial charge in [0.25, 0.3) is 0 Å². The van der Waals surface area contributed by atoms with Gasteiger partial charge in [-0.15, -0.1) is 0 Å². The highest BCUT2D eigenvalue weighted by atomic mass is 35.5. The number of halogens is 1. The summed E-state index contributed by atoms with van der Waals surface area (Å²) in [5, 5.41) is 9.50. The third kappa shape index (κ3) is 2.74. The van der Waals surface area contributed by atoms with Gasteiger partial charge in [-0.05, 0) is 37.1 Å². The first-order valence-electron chi connectivity index (χ1n) is 5.14. The molecule has 0 amide bonds. The Morgan fingerprint density at radius 1 is 1.50 bits per heavy atom. The Morgan fingerprint density at radius 3 is 2.62 bits per heavy atom. The second-order valence-electron chi connectivity index (χ2n) is 3.94. The average molecular weight is 242 g/mol. The molecule has 1 aromatic carbocycles. The molecule has 0 saturated carbocycles. The first-order valence-corrected chi connectivity index (χ1v) is 5.52. The third-order valence-electron chi connectivity index (χ3n) is 2.77. The Labute approximate surface area is 100 Å². The molecule has 16 heavy (non-hydrogen) atoms. The van der Waals surface area contributed by atoms with Crippen LogP contribution in [0.3, 0.4) is 0 Å². The van der Waals surface area contributed by atoms with Crippen molar-refractivity contribution in [3.8, 4) is 0 Å². The van der Waals surface area contributed by atoms with Crippen LogP contribution in [-0.2, 0) is 4.79 Å². The van der Waals surface area contributed by atoms with Crippen LogP contribution < -0.4 is 5.73 Å². The average Bonchev–Trinajstić information content (AvgIpc) is 2.23. The normalized spacial score (nSPS) is 12.5. The van der Waals surface area contributed by atoms with Crippen molar-refractivity contribution in [1.29, 1.82) is 0 Å². The minimum absolute atomic E-state index is 0.0384. The maximum absolute atomic E-state index is 10.7. The number of carboxylic acid groups (broad SMARTS) is 1. The first-order chi connectivity index (χ1) is 7.47. The van der Waals surface area contributed by atoms with Gasteiger partial charge in [0.2, 0.25) is 0 Å². The molecule has 0 aliphatic heterocycles. The zero-order valence-corrected chi connectivity index (χ0v) is 10.2. The fraction of sp³-hybridized carbons (Fsp3) is 0.417. The van der Waals surface area contributed by atoms with Crippen molar-refractivity contribution in [2.45, 2.75) is 26.2 Å². The monoisotopic (exact) mass is 241 g/mol. The lowest BCUT2D eigenvalue weighted by molar-refractivity contribution is -0.137. The molecule has 88 valence electrons. The summed E-state index contributed by atoms with van der Waals surface area (Å²) < 4.78 is 0. The van der Waals surface area contributed by atoms with Crippen molar-refractivity contribution in [2.24, 2.45) is 5.73 Å². The summed E-state index contributed by atoms with van der Waals surface area (Å²) in [4.78, 5) is 10.7. The predicted octanol–water partition coefficient (Wildman–Crippen LogP) is 2.47. The van der Waals surface area contributed by atoms with Gasteiger partial charge in [0, 0.05) is 10.9 Å². The molecule has 0 aromatic heterocycles. The van der Waals surface area contributed by atoms with E-state index in [4.69, 9.17) is 22.4 Å². The van der Waals surface area contributed by atoms with Gasteiger partial charge in [-0.3, -0.25) is 4.79 Å². The zero-order valence-electron chi connectivity index (χ0n) is 9.46. The van der Waals surface area contributed by atoms with Gasteiger partial charge in [-0.25, -0.2) is 0 Å². The second kappa shape index (κ2) is 5.32. The van der Waals surface area contributed by atoms with Gasteiger partial charge in [-0.2, -0.15) is 0 Å². The van der Waals surface area contributed by atoms with E-state index in [0.29, 0.717) is 11.6 Å². The Morgan fingerprint density at radius 2 is 2.12 bits per heavy atom. The van der Waals surface area contributed by atoms with Crippen LogP contribution in [-0.4, -0.2) is 17.6 Å². The van der Waals surface area contributed by atoms with Crippen molar-refractivity contribution >= 4 is 17.6 Å². The number of nitrogens with two attached hydrogens (primary N) is 1. The Hall–Kier alpha value is -1.06. The van der Waals surface area contributed by atoms with E-state index in [-0.39, 0.29) is 12.3 Å². The van der Waals surface area contributed by atoms with E-state index >= 15 is 0 Å². The standard InChI is InChI=1S/C12H16ClNO2/c1-7-3-4-10(8(2)12(7)13)9(6-14)5-11(15)16/h3-4,9H,5-6,14H2,1-2H3,(H,15,16). The highest BCUT2D eigenvalue weighted by Crippen LogP contribution is 2.29. The molecule has 0 aliphatic rings. The molecular weight excluding hydrogens is 226 g/mol. The Kier molecular flexibility index (Phi) is 4.33. The maximum atomic E-state index is 10.7. The van der Waals surface area contributed by atoms with Gasteiger partial charge >= 0.3 is 5.97 Å². The van der Waals surface area contributed by atoms with E-state index < -0.39 is 5.97 Å². The van der Waals surface area contributed by atoms with E-state index in [1.165, 1.54) is 0 Å². The minimum atomic E-state index is -0.841. The van der Waals surface area contributed by atoms with Crippen LogP contribution in [0.5, 0.6) is 0 Å². The summed E-state index contributed by atoms with van der Waals surface area (Å²) in [6.07, 6.45) is 0.0384. The van der Waals surface area contributed by atoms with E-state index in [1.54, 1.807) is 0 Å². The maximum Gasteiger partial charge on any atom is 0.304 e. The van der Waals surface area contributed by atoms with E-state index in [2.05, 4.69) is 0 Å². The van der Waals surface area contributed by atoms with Gasteiger partial charge in [0.15, 0.2) is 0 Å². The van der Waals surface area contributed by atoms with Crippen LogP contribution in [0.4, 0.5) is 0 Å². The summed E-state index contributed by atoms with van der Waals surface area (Å²) >= 11 is 6.13. The smallest absolute Gasteiger partial charge is 0.304 e. The quantitative estimate of drug-likeness (QED) is 0.851. The van der Waals surface area contributed by atoms with Crippen LogP contribution in [0.2, 0.25) is 5.02 Å². The number of benzene rings is 1. The molecule has 1 unspecified atom stereocenters. The van der Waals surface area contributed by atoms with Gasteiger partial charge in [0.1, 0.15) is 0 Å². The molecular formula is C12H16ClNO2. The molecule has 0 spiro atoms. The van der Waals surface area contributed by atoms with Crippen LogP contribution in [0, 0.1) is 13.8 Å². The summed E-state index contributed by atoms with van der Waals surface area (Å²) in [7, 11) is 0. The number of aliphatic carboxylic acids is 1. The third-order valence-corrected chi connectivity index (χ3v) is 3.35. The lowest BCUT2D eigenvalue weighted by atomic mass is 9.91. The Balaban J connectivity index is 3.11. The largest absolute Gasteiger partial charge is 0.481 e. The van der Waals surface area contributed by atoms with E-state index in [9.17, 15) is 4.79 Å². The van der Waals surface area contributed by atoms with E-state index in [0.717, 1.165) is 16.7 Å². The lowest BCUT2D eigenvalue weighted by Gasteiger charge is -2.17. The lowest BCUT2D eigenvalue weighted by Crippen LogP contribution is -2.17. The molecule has 1 aromatic rings. The van der Waals surface area contributed by atoms with Gasteiger partial charge in [0.05, 0.1) is 6.42 Å². The summed E-state index contributed by atoms with van der Waals surface area (Å²) in [5.74, 6) is -1.01.